The minimum atomic E-state index is -0.0785. The lowest BCUT2D eigenvalue weighted by molar-refractivity contribution is 0.102. The van der Waals surface area contributed by atoms with Gasteiger partial charge in [0.05, 0.1) is 12.8 Å². The predicted molar refractivity (Wildman–Crippen MR) is 131 cm³/mol. The number of hydrogen-bond acceptors (Lipinski definition) is 4. The highest BCUT2D eigenvalue weighted by molar-refractivity contribution is 6.04. The monoisotopic (exact) mass is 429 g/mol. The molecule has 1 aliphatic rings. The van der Waals surface area contributed by atoms with Crippen molar-refractivity contribution in [3.8, 4) is 5.75 Å². The van der Waals surface area contributed by atoms with Gasteiger partial charge in [0.15, 0.2) is 0 Å². The molecule has 5 nitrogen and oxygen atoms in total. The summed E-state index contributed by atoms with van der Waals surface area (Å²) in [6.07, 6.45) is 0. The Morgan fingerprint density at radius 2 is 1.62 bits per heavy atom. The molecule has 0 atom stereocenters. The van der Waals surface area contributed by atoms with Gasteiger partial charge in [-0.2, -0.15) is 0 Å². The van der Waals surface area contributed by atoms with E-state index in [1.807, 2.05) is 42.5 Å². The van der Waals surface area contributed by atoms with Crippen molar-refractivity contribution in [1.82, 2.24) is 4.90 Å². The number of ether oxygens (including phenoxy) is 1. The molecule has 0 unspecified atom stereocenters. The smallest absolute Gasteiger partial charge is 0.255 e. The van der Waals surface area contributed by atoms with Gasteiger partial charge in [0.1, 0.15) is 5.75 Å². The number of hydrogen-bond donors (Lipinski definition) is 1. The van der Waals surface area contributed by atoms with E-state index in [0.717, 1.165) is 49.8 Å². The van der Waals surface area contributed by atoms with Crippen molar-refractivity contribution in [2.45, 2.75) is 20.4 Å². The van der Waals surface area contributed by atoms with E-state index in [9.17, 15) is 4.79 Å². The third-order valence-electron chi connectivity index (χ3n) is 6.19. The van der Waals surface area contributed by atoms with E-state index >= 15 is 0 Å². The highest BCUT2D eigenvalue weighted by Crippen LogP contribution is 2.28. The van der Waals surface area contributed by atoms with Gasteiger partial charge in [-0.3, -0.25) is 9.69 Å². The van der Waals surface area contributed by atoms with E-state index in [4.69, 9.17) is 4.74 Å². The maximum absolute atomic E-state index is 12.6. The Bertz CT molecular complexity index is 1070. The molecular weight excluding hydrogens is 398 g/mol. The number of amides is 1. The number of aryl methyl sites for hydroxylation is 2. The van der Waals surface area contributed by atoms with Crippen LogP contribution in [-0.4, -0.2) is 44.1 Å². The summed E-state index contributed by atoms with van der Waals surface area (Å²) in [5.41, 5.74) is 6.27. The van der Waals surface area contributed by atoms with Crippen molar-refractivity contribution in [2.24, 2.45) is 0 Å². The molecule has 166 valence electrons. The zero-order valence-electron chi connectivity index (χ0n) is 19.1. The lowest BCUT2D eigenvalue weighted by Gasteiger charge is -2.36. The number of carbonyl (C=O) groups is 1. The van der Waals surface area contributed by atoms with E-state index in [2.05, 4.69) is 53.2 Å². The Balaban J connectivity index is 1.31. The van der Waals surface area contributed by atoms with E-state index in [1.165, 1.54) is 16.7 Å². The van der Waals surface area contributed by atoms with Gasteiger partial charge in [-0.05, 0) is 66.9 Å². The number of para-hydroxylation sites is 2. The lowest BCUT2D eigenvalue weighted by atomic mass is 10.1. The number of methoxy groups -OCH3 is 1. The average molecular weight is 430 g/mol. The van der Waals surface area contributed by atoms with Crippen LogP contribution in [0.3, 0.4) is 0 Å². The van der Waals surface area contributed by atoms with Gasteiger partial charge in [0, 0.05) is 44.0 Å². The third kappa shape index (κ3) is 5.11. The fraction of sp³-hybridized carbons (Fsp3) is 0.296. The van der Waals surface area contributed by atoms with Gasteiger partial charge in [0.2, 0.25) is 0 Å². The number of nitrogens with zero attached hydrogens (tertiary/aromatic N) is 2. The van der Waals surface area contributed by atoms with Crippen molar-refractivity contribution in [3.05, 3.63) is 89.0 Å². The summed E-state index contributed by atoms with van der Waals surface area (Å²) < 4.78 is 5.51. The molecule has 3 aromatic carbocycles. The third-order valence-corrected chi connectivity index (χ3v) is 6.19. The summed E-state index contributed by atoms with van der Waals surface area (Å²) in [7, 11) is 1.72. The van der Waals surface area contributed by atoms with Gasteiger partial charge in [-0.15, -0.1) is 0 Å². The van der Waals surface area contributed by atoms with Crippen molar-refractivity contribution in [2.75, 3.05) is 43.5 Å². The normalized spacial score (nSPS) is 14.3. The van der Waals surface area contributed by atoms with Crippen LogP contribution in [0.4, 0.5) is 11.4 Å². The van der Waals surface area contributed by atoms with Gasteiger partial charge in [0.25, 0.3) is 5.91 Å². The Morgan fingerprint density at radius 1 is 0.906 bits per heavy atom. The first-order chi connectivity index (χ1) is 15.5. The van der Waals surface area contributed by atoms with Crippen LogP contribution >= 0.6 is 0 Å². The molecule has 3 aromatic rings. The molecule has 1 N–H and O–H groups in total. The highest BCUT2D eigenvalue weighted by atomic mass is 16.5. The zero-order chi connectivity index (χ0) is 22.5. The van der Waals surface area contributed by atoms with Crippen LogP contribution in [0.15, 0.2) is 66.7 Å². The van der Waals surface area contributed by atoms with E-state index in [1.54, 1.807) is 7.11 Å². The number of anilines is 2. The van der Waals surface area contributed by atoms with Crippen LogP contribution in [0.5, 0.6) is 5.75 Å². The molecule has 1 amide bonds. The SMILES string of the molecule is COc1ccccc1N1CCN(Cc2ccc(C(=O)Nc3ccc(C)c(C)c3)cc2)CC1. The fourth-order valence-electron chi connectivity index (χ4n) is 4.08. The average Bonchev–Trinajstić information content (AvgIpc) is 2.82. The standard InChI is InChI=1S/C27H31N3O2/c1-20-8-13-24(18-21(20)2)28-27(31)23-11-9-22(10-12-23)19-29-14-16-30(17-15-29)25-6-4-5-7-26(25)32-3/h4-13,18H,14-17,19H2,1-3H3,(H,28,31). The van der Waals surface area contributed by atoms with Gasteiger partial charge in [-0.25, -0.2) is 0 Å². The number of carbonyl (C=O) groups excluding carboxylic acids is 1. The number of benzene rings is 3. The summed E-state index contributed by atoms with van der Waals surface area (Å²) in [6, 6.07) is 22.1. The summed E-state index contributed by atoms with van der Waals surface area (Å²) in [4.78, 5) is 17.4. The molecule has 1 saturated heterocycles. The molecule has 4 rings (SSSR count). The van der Waals surface area contributed by atoms with Crippen LogP contribution in [0.1, 0.15) is 27.0 Å². The lowest BCUT2D eigenvalue weighted by Crippen LogP contribution is -2.46. The van der Waals surface area contributed by atoms with Crippen LogP contribution in [0.25, 0.3) is 0 Å². The molecule has 0 spiro atoms. The fourth-order valence-corrected chi connectivity index (χ4v) is 4.08. The second kappa shape index (κ2) is 9.88. The van der Waals surface area contributed by atoms with Crippen LogP contribution in [-0.2, 0) is 6.54 Å². The van der Waals surface area contributed by atoms with Gasteiger partial charge >= 0.3 is 0 Å². The largest absolute Gasteiger partial charge is 0.495 e. The Morgan fingerprint density at radius 3 is 2.31 bits per heavy atom. The van der Waals surface area contributed by atoms with Crippen molar-refractivity contribution >= 4 is 17.3 Å². The maximum atomic E-state index is 12.6. The minimum absolute atomic E-state index is 0.0785. The molecule has 0 radical (unpaired) electrons. The molecule has 0 aliphatic carbocycles. The Labute approximate surface area is 190 Å². The number of rotatable bonds is 6. The quantitative estimate of drug-likeness (QED) is 0.606. The Hall–Kier alpha value is -3.31. The Kier molecular flexibility index (Phi) is 6.76. The first kappa shape index (κ1) is 21.9. The van der Waals surface area contributed by atoms with Crippen LogP contribution < -0.4 is 15.0 Å². The molecule has 32 heavy (non-hydrogen) atoms. The van der Waals surface area contributed by atoms with Crippen molar-refractivity contribution in [1.29, 1.82) is 0 Å². The van der Waals surface area contributed by atoms with Gasteiger partial charge < -0.3 is 15.0 Å². The zero-order valence-corrected chi connectivity index (χ0v) is 19.1. The highest BCUT2D eigenvalue weighted by Gasteiger charge is 2.19. The number of nitrogens with one attached hydrogen (secondary N) is 1. The molecule has 5 heteroatoms. The molecule has 0 aromatic heterocycles. The van der Waals surface area contributed by atoms with Crippen LogP contribution in [0, 0.1) is 13.8 Å². The first-order valence-electron chi connectivity index (χ1n) is 11.1. The summed E-state index contributed by atoms with van der Waals surface area (Å²) in [6.45, 7) is 8.93. The van der Waals surface area contributed by atoms with Crippen LogP contribution in [0.2, 0.25) is 0 Å². The summed E-state index contributed by atoms with van der Waals surface area (Å²) in [5.74, 6) is 0.848. The summed E-state index contributed by atoms with van der Waals surface area (Å²) >= 11 is 0. The van der Waals surface area contributed by atoms with Crippen molar-refractivity contribution < 1.29 is 9.53 Å². The second-order valence-corrected chi connectivity index (χ2v) is 8.39. The second-order valence-electron chi connectivity index (χ2n) is 8.39. The van der Waals surface area contributed by atoms with E-state index in [-0.39, 0.29) is 5.91 Å². The van der Waals surface area contributed by atoms with Crippen molar-refractivity contribution in [3.63, 3.8) is 0 Å². The molecule has 1 heterocycles. The van der Waals surface area contributed by atoms with Gasteiger partial charge in [-0.1, -0.05) is 30.3 Å². The summed E-state index contributed by atoms with van der Waals surface area (Å²) in [5, 5.41) is 2.99. The minimum Gasteiger partial charge on any atom is -0.495 e. The first-order valence-corrected chi connectivity index (χ1v) is 11.1. The predicted octanol–water partition coefficient (Wildman–Crippen LogP) is 4.89. The topological polar surface area (TPSA) is 44.8 Å². The molecule has 1 aliphatic heterocycles. The molecule has 1 fully saturated rings. The number of piperazine rings is 1. The van der Waals surface area contributed by atoms with E-state index in [0.29, 0.717) is 5.56 Å². The van der Waals surface area contributed by atoms with E-state index < -0.39 is 0 Å². The maximum Gasteiger partial charge on any atom is 0.255 e. The molecular formula is C27H31N3O2. The molecule has 0 saturated carbocycles. The molecule has 0 bridgehead atoms.